The molecule has 8 heteroatoms. The van der Waals surface area contributed by atoms with E-state index in [9.17, 15) is 0 Å². The average molecular weight is 713 g/mol. The third-order valence-corrected chi connectivity index (χ3v) is 13.1. The van der Waals surface area contributed by atoms with E-state index in [1.807, 2.05) is 35.0 Å². The summed E-state index contributed by atoms with van der Waals surface area (Å²) in [4.78, 5) is 14.1. The molecule has 2 saturated heterocycles. The summed E-state index contributed by atoms with van der Waals surface area (Å²) in [6.07, 6.45) is 17.0. The Morgan fingerprint density at radius 3 is 2.14 bits per heavy atom. The molecule has 3 aliphatic heterocycles. The minimum Gasteiger partial charge on any atom is -0.361 e. The maximum atomic E-state index is 8.37. The van der Waals surface area contributed by atoms with Crippen molar-refractivity contribution in [3.05, 3.63) is 122 Å². The van der Waals surface area contributed by atoms with Crippen molar-refractivity contribution in [1.29, 1.82) is 10.8 Å². The van der Waals surface area contributed by atoms with Crippen LogP contribution < -0.4 is 0 Å². The molecule has 4 aromatic heterocycles. The number of aryl methyl sites for hydroxylation is 1. The lowest BCUT2D eigenvalue weighted by Crippen LogP contribution is -2.32. The summed E-state index contributed by atoms with van der Waals surface area (Å²) in [7, 11) is 2.25. The van der Waals surface area contributed by atoms with Gasteiger partial charge in [-0.15, -0.1) is 22.7 Å². The lowest BCUT2D eigenvalue weighted by atomic mass is 9.93. The Morgan fingerprint density at radius 2 is 1.47 bits per heavy atom. The number of benzene rings is 2. The molecule has 3 aliphatic rings. The zero-order valence-electron chi connectivity index (χ0n) is 29.5. The minimum absolute atomic E-state index is 0.691. The average Bonchev–Trinajstić information content (AvgIpc) is 4.00. The number of nitrogens with one attached hydrogen (secondary N) is 4. The summed E-state index contributed by atoms with van der Waals surface area (Å²) < 4.78 is 0. The molecule has 0 radical (unpaired) electrons. The van der Waals surface area contributed by atoms with Crippen molar-refractivity contribution in [2.75, 3.05) is 26.7 Å². The Labute approximate surface area is 309 Å². The topological polar surface area (TPSA) is 85.8 Å². The summed E-state index contributed by atoms with van der Waals surface area (Å²) in [6, 6.07) is 22.8. The molecule has 2 aromatic carbocycles. The fourth-order valence-corrected chi connectivity index (χ4v) is 9.74. The fraction of sp³-hybridized carbons (Fsp3) is 0.349. The Kier molecular flexibility index (Phi) is 10.2. The number of aromatic nitrogens is 2. The van der Waals surface area contributed by atoms with Crippen molar-refractivity contribution in [1.82, 2.24) is 19.8 Å². The Balaban J connectivity index is 0.000000147. The molecule has 7 heterocycles. The first-order valence-corrected chi connectivity index (χ1v) is 20.3. The first-order chi connectivity index (χ1) is 25.0. The first-order valence-electron chi connectivity index (χ1n) is 18.5. The van der Waals surface area contributed by atoms with Gasteiger partial charge in [-0.3, -0.25) is 4.90 Å². The maximum Gasteiger partial charge on any atom is 0.0529 e. The van der Waals surface area contributed by atoms with Gasteiger partial charge in [-0.25, -0.2) is 0 Å². The van der Waals surface area contributed by atoms with Crippen LogP contribution in [0.4, 0.5) is 0 Å². The molecular formula is C43H48N6S2. The molecule has 0 amide bonds. The molecule has 2 fully saturated rings. The van der Waals surface area contributed by atoms with Crippen LogP contribution in [-0.4, -0.2) is 70.0 Å². The van der Waals surface area contributed by atoms with E-state index in [2.05, 4.69) is 81.7 Å². The lowest BCUT2D eigenvalue weighted by Gasteiger charge is -2.29. The van der Waals surface area contributed by atoms with E-state index in [0.717, 1.165) is 34.8 Å². The van der Waals surface area contributed by atoms with E-state index in [1.54, 1.807) is 22.7 Å². The molecule has 4 N–H and O–H groups in total. The smallest absolute Gasteiger partial charge is 0.0529 e. The number of H-pyrrole nitrogens is 2. The van der Waals surface area contributed by atoms with E-state index in [0.29, 0.717) is 24.3 Å². The second kappa shape index (κ2) is 15.3. The van der Waals surface area contributed by atoms with E-state index in [1.165, 1.54) is 101 Å². The van der Waals surface area contributed by atoms with Gasteiger partial charge >= 0.3 is 0 Å². The molecule has 0 bridgehead atoms. The summed E-state index contributed by atoms with van der Waals surface area (Å²) in [5.74, 6) is 0. The highest BCUT2D eigenvalue weighted by molar-refractivity contribution is 7.12. The largest absolute Gasteiger partial charge is 0.361 e. The van der Waals surface area contributed by atoms with Crippen molar-refractivity contribution < 1.29 is 0 Å². The van der Waals surface area contributed by atoms with Gasteiger partial charge in [-0.2, -0.15) is 0 Å². The van der Waals surface area contributed by atoms with Gasteiger partial charge < -0.3 is 25.7 Å². The molecule has 0 saturated carbocycles. The number of nitrogens with zero attached hydrogens (tertiary/aromatic N) is 2. The molecule has 9 rings (SSSR count). The molecule has 0 spiro atoms. The van der Waals surface area contributed by atoms with Crippen LogP contribution in [0.3, 0.4) is 0 Å². The standard InChI is InChI=1S/C22H23N3S.C21H25N3S/c23-20(22-4-2-10-26-22)12-15-5-6-21-18(11-15)19(14-24-21)16-7-9-25-8-1-3-17(25)13-16;1-24-10-2-4-17(24)8-7-16-14-23-20-9-6-15(12-18(16)20)13-19(22)21-5-3-11-25-21/h2,4-7,10-11,14,17,23-24H,1,3,8-9,12-13H2;3,5-6,9,11-12,14,17,22-23H,2,4,7-8,10,13H2,1H3/t;17-/m.0/s1. The van der Waals surface area contributed by atoms with Crippen molar-refractivity contribution in [2.24, 2.45) is 0 Å². The number of thiophene rings is 2. The third kappa shape index (κ3) is 7.61. The SMILES string of the molecule is CN1CCC[C@H]1CCc1c[nH]c2ccc(CC(=N)c3cccs3)cc12.N=C(Cc1ccc2[nH]cc(C3=CCN4CCCC4C3)c2c1)c1cccs1. The molecule has 262 valence electrons. The van der Waals surface area contributed by atoms with Gasteiger partial charge in [-0.05, 0) is 135 Å². The van der Waals surface area contributed by atoms with Gasteiger partial charge in [0.1, 0.15) is 0 Å². The molecule has 1 unspecified atom stereocenters. The Bertz CT molecular complexity index is 2150. The van der Waals surface area contributed by atoms with Crippen molar-refractivity contribution >= 4 is 61.5 Å². The highest BCUT2D eigenvalue weighted by atomic mass is 32.1. The predicted octanol–water partition coefficient (Wildman–Crippen LogP) is 9.96. The number of aromatic amines is 2. The van der Waals surface area contributed by atoms with Crippen LogP contribution in [0.1, 0.15) is 70.5 Å². The van der Waals surface area contributed by atoms with Crippen LogP contribution in [0.15, 0.2) is 89.9 Å². The van der Waals surface area contributed by atoms with Gasteiger partial charge in [0.15, 0.2) is 0 Å². The predicted molar refractivity (Wildman–Crippen MR) is 217 cm³/mol. The summed E-state index contributed by atoms with van der Waals surface area (Å²) >= 11 is 3.29. The number of hydrogen-bond donors (Lipinski definition) is 4. The molecular weight excluding hydrogens is 665 g/mol. The van der Waals surface area contributed by atoms with Crippen molar-refractivity contribution in [3.8, 4) is 0 Å². The van der Waals surface area contributed by atoms with E-state index in [-0.39, 0.29) is 0 Å². The van der Waals surface area contributed by atoms with Crippen LogP contribution in [-0.2, 0) is 19.3 Å². The first kappa shape index (κ1) is 34.0. The monoisotopic (exact) mass is 712 g/mol. The van der Waals surface area contributed by atoms with Crippen LogP contribution in [0.2, 0.25) is 0 Å². The molecule has 51 heavy (non-hydrogen) atoms. The second-order valence-corrected chi connectivity index (χ2v) is 16.5. The summed E-state index contributed by atoms with van der Waals surface area (Å²) in [5, 5.41) is 23.4. The van der Waals surface area contributed by atoms with Crippen molar-refractivity contribution in [2.45, 2.75) is 69.9 Å². The van der Waals surface area contributed by atoms with Gasteiger partial charge in [0.25, 0.3) is 0 Å². The quantitative estimate of drug-likeness (QED) is 0.107. The van der Waals surface area contributed by atoms with Gasteiger partial charge in [-0.1, -0.05) is 30.3 Å². The minimum atomic E-state index is 0.691. The van der Waals surface area contributed by atoms with Crippen LogP contribution in [0.25, 0.3) is 27.4 Å². The number of rotatable bonds is 10. The Morgan fingerprint density at radius 1 is 0.804 bits per heavy atom. The van der Waals surface area contributed by atoms with Crippen LogP contribution in [0, 0.1) is 10.8 Å². The lowest BCUT2D eigenvalue weighted by molar-refractivity contribution is 0.275. The third-order valence-electron chi connectivity index (χ3n) is 11.3. The van der Waals surface area contributed by atoms with E-state index >= 15 is 0 Å². The van der Waals surface area contributed by atoms with Gasteiger partial charge in [0, 0.05) is 81.0 Å². The highest BCUT2D eigenvalue weighted by Gasteiger charge is 2.28. The van der Waals surface area contributed by atoms with E-state index in [4.69, 9.17) is 10.8 Å². The maximum absolute atomic E-state index is 8.37. The molecule has 0 aliphatic carbocycles. The van der Waals surface area contributed by atoms with Gasteiger partial charge in [0.2, 0.25) is 0 Å². The highest BCUT2D eigenvalue weighted by Crippen LogP contribution is 2.35. The number of hydrogen-bond acceptors (Lipinski definition) is 6. The summed E-state index contributed by atoms with van der Waals surface area (Å²) in [6.45, 7) is 3.60. The molecule has 6 aromatic rings. The zero-order valence-corrected chi connectivity index (χ0v) is 31.1. The molecule has 6 nitrogen and oxygen atoms in total. The normalized spacial score (nSPS) is 19.3. The van der Waals surface area contributed by atoms with Gasteiger partial charge in [0.05, 0.1) is 11.4 Å². The van der Waals surface area contributed by atoms with Crippen molar-refractivity contribution in [3.63, 3.8) is 0 Å². The number of fused-ring (bicyclic) bond motifs is 3. The zero-order chi connectivity index (χ0) is 34.7. The molecule has 2 atom stereocenters. The summed E-state index contributed by atoms with van der Waals surface area (Å²) in [5.41, 5.74) is 10.5. The second-order valence-electron chi connectivity index (χ2n) is 14.6. The van der Waals surface area contributed by atoms with E-state index < -0.39 is 0 Å². The number of likely N-dealkylation sites (tertiary alicyclic amines) is 1. The fourth-order valence-electron chi connectivity index (χ4n) is 8.39. The van der Waals surface area contributed by atoms with Crippen LogP contribution >= 0.6 is 22.7 Å². The van der Waals surface area contributed by atoms with Crippen LogP contribution in [0.5, 0.6) is 0 Å². The Hall–Kier alpha value is -4.08.